The Hall–Kier alpha value is -0.880. The summed E-state index contributed by atoms with van der Waals surface area (Å²) in [6.07, 6.45) is 1.21. The third-order valence-corrected chi connectivity index (χ3v) is 7.07. The molecule has 0 N–H and O–H groups in total. The van der Waals surface area contributed by atoms with E-state index >= 15 is 0 Å². The minimum Gasteiger partial charge on any atom is -0.497 e. The zero-order chi connectivity index (χ0) is 14.0. The third-order valence-electron chi connectivity index (χ3n) is 2.73. The first-order chi connectivity index (χ1) is 8.26. The predicted molar refractivity (Wildman–Crippen MR) is 74.1 cm³/mol. The highest BCUT2D eigenvalue weighted by atomic mass is 79.9. The normalized spacial score (nSPS) is 14.9. The smallest absolute Gasteiger partial charge is 0.194 e. The molecule has 18 heavy (non-hydrogen) atoms. The molecular weight excluding hydrogens is 320 g/mol. The van der Waals surface area contributed by atoms with Crippen molar-refractivity contribution < 1.29 is 17.9 Å². The van der Waals surface area contributed by atoms with Gasteiger partial charge in [0.1, 0.15) is 5.75 Å². The number of ether oxygens (including phenoxy) is 1. The molecule has 0 spiro atoms. The van der Waals surface area contributed by atoms with Gasteiger partial charge in [-0.05, 0) is 30.7 Å². The Balaban J connectivity index is 3.19. The van der Waals surface area contributed by atoms with Crippen LogP contribution in [-0.4, -0.2) is 31.2 Å². The fraction of sp³-hybridized carbons (Fsp3) is 0.417. The summed E-state index contributed by atoms with van der Waals surface area (Å²) in [5.41, 5.74) is 0.333. The number of sulfone groups is 1. The van der Waals surface area contributed by atoms with Gasteiger partial charge in [-0.2, -0.15) is 0 Å². The second-order valence-corrected chi connectivity index (χ2v) is 8.03. The zero-order valence-electron chi connectivity index (χ0n) is 10.4. The lowest BCUT2D eigenvalue weighted by Gasteiger charge is -2.22. The first-order valence-corrected chi connectivity index (χ1v) is 8.02. The lowest BCUT2D eigenvalue weighted by molar-refractivity contribution is 0.0976. The summed E-state index contributed by atoms with van der Waals surface area (Å²) in [5.74, 6) is 0.151. The molecule has 0 bridgehead atoms. The molecule has 0 unspecified atom stereocenters. The van der Waals surface area contributed by atoms with Gasteiger partial charge in [-0.15, -0.1) is 0 Å². The number of hydrogen-bond acceptors (Lipinski definition) is 4. The summed E-state index contributed by atoms with van der Waals surface area (Å²) in [7, 11) is -2.02. The molecule has 0 fully saturated rings. The highest BCUT2D eigenvalue weighted by Gasteiger charge is 2.44. The van der Waals surface area contributed by atoms with Gasteiger partial charge in [-0.1, -0.05) is 22.9 Å². The second kappa shape index (κ2) is 5.40. The van der Waals surface area contributed by atoms with Gasteiger partial charge < -0.3 is 4.74 Å². The molecule has 0 aliphatic rings. The highest BCUT2D eigenvalue weighted by Crippen LogP contribution is 2.33. The number of hydrogen-bond donors (Lipinski definition) is 0. The van der Waals surface area contributed by atoms with Crippen molar-refractivity contribution in [1.82, 2.24) is 0 Å². The maximum absolute atomic E-state index is 12.3. The quantitative estimate of drug-likeness (QED) is 0.612. The molecule has 0 heterocycles. The summed E-state index contributed by atoms with van der Waals surface area (Å²) in [6, 6.07) is 6.35. The highest BCUT2D eigenvalue weighted by molar-refractivity contribution is 9.12. The molecule has 4 nitrogen and oxygen atoms in total. The van der Waals surface area contributed by atoms with Crippen molar-refractivity contribution in [2.24, 2.45) is 0 Å². The Morgan fingerprint density at radius 2 is 1.83 bits per heavy atom. The van der Waals surface area contributed by atoms with Crippen LogP contribution in [0.1, 0.15) is 23.7 Å². The van der Waals surface area contributed by atoms with Gasteiger partial charge in [0, 0.05) is 11.8 Å². The van der Waals surface area contributed by atoms with E-state index < -0.39 is 19.3 Å². The summed E-state index contributed by atoms with van der Waals surface area (Å²) in [5, 5.41) is 0. The number of benzene rings is 1. The van der Waals surface area contributed by atoms with Crippen LogP contribution in [-0.2, 0) is 9.84 Å². The van der Waals surface area contributed by atoms with Crippen LogP contribution >= 0.6 is 15.9 Å². The van der Waals surface area contributed by atoms with Crippen LogP contribution in [0, 0.1) is 0 Å². The fourth-order valence-corrected chi connectivity index (χ4v) is 2.76. The van der Waals surface area contributed by atoms with Crippen LogP contribution in [0.15, 0.2) is 24.3 Å². The van der Waals surface area contributed by atoms with Crippen molar-refractivity contribution in [1.29, 1.82) is 0 Å². The van der Waals surface area contributed by atoms with E-state index in [0.717, 1.165) is 6.26 Å². The van der Waals surface area contributed by atoms with Crippen LogP contribution in [0.4, 0.5) is 0 Å². The number of alkyl halides is 1. The summed E-state index contributed by atoms with van der Waals surface area (Å²) in [4.78, 5) is 12.3. The van der Waals surface area contributed by atoms with Crippen LogP contribution < -0.4 is 4.74 Å². The van der Waals surface area contributed by atoms with Gasteiger partial charge in [-0.3, -0.25) is 4.79 Å². The van der Waals surface area contributed by atoms with Gasteiger partial charge >= 0.3 is 0 Å². The lowest BCUT2D eigenvalue weighted by atomic mass is 10.1. The summed E-state index contributed by atoms with van der Waals surface area (Å²) >= 11 is 3.07. The Morgan fingerprint density at radius 3 is 2.17 bits per heavy atom. The molecule has 1 aromatic rings. The van der Waals surface area contributed by atoms with Gasteiger partial charge in [0.2, 0.25) is 0 Å². The maximum atomic E-state index is 12.3. The van der Waals surface area contributed by atoms with E-state index in [-0.39, 0.29) is 6.42 Å². The Morgan fingerprint density at radius 1 is 1.33 bits per heavy atom. The summed E-state index contributed by atoms with van der Waals surface area (Å²) in [6.45, 7) is 1.65. The number of carbonyl (C=O) groups is 1. The Labute approximate surface area is 115 Å². The fourth-order valence-electron chi connectivity index (χ4n) is 1.55. The number of rotatable bonds is 5. The topological polar surface area (TPSA) is 60.4 Å². The molecule has 1 aromatic carbocycles. The molecule has 0 aromatic heterocycles. The SMILES string of the molecule is CC[C@](Br)(C(=O)c1ccc(OC)cc1)S(C)(=O)=O. The van der Waals surface area contributed by atoms with E-state index in [9.17, 15) is 13.2 Å². The number of carbonyl (C=O) groups excluding carboxylic acids is 1. The Kier molecular flexibility index (Phi) is 4.55. The Bertz CT molecular complexity index is 536. The van der Waals surface area contributed by atoms with Crippen molar-refractivity contribution in [3.63, 3.8) is 0 Å². The molecule has 100 valence electrons. The number of Topliss-reactive ketones (excluding diaryl/α,β-unsaturated/α-hetero) is 1. The molecule has 1 rings (SSSR count). The first-order valence-electron chi connectivity index (χ1n) is 5.33. The number of methoxy groups -OCH3 is 1. The van der Waals surface area contributed by atoms with Crippen LogP contribution in [0.25, 0.3) is 0 Å². The van der Waals surface area contributed by atoms with Gasteiger partial charge in [-0.25, -0.2) is 8.42 Å². The zero-order valence-corrected chi connectivity index (χ0v) is 12.8. The largest absolute Gasteiger partial charge is 0.497 e. The minimum absolute atomic E-state index is 0.163. The average Bonchev–Trinajstić information content (AvgIpc) is 2.35. The van der Waals surface area contributed by atoms with E-state index in [1.807, 2.05) is 0 Å². The van der Waals surface area contributed by atoms with Gasteiger partial charge in [0.05, 0.1) is 7.11 Å². The standard InChI is InChI=1S/C12H15BrO4S/c1-4-12(13,18(3,15)16)11(14)9-5-7-10(17-2)8-6-9/h5-8H,4H2,1-3H3/t12-/m1/s1. The van der Waals surface area contributed by atoms with Crippen molar-refractivity contribution in [2.45, 2.75) is 17.0 Å². The van der Waals surface area contributed by atoms with Crippen molar-refractivity contribution in [3.05, 3.63) is 29.8 Å². The molecule has 6 heteroatoms. The van der Waals surface area contributed by atoms with Gasteiger partial charge in [0.25, 0.3) is 0 Å². The lowest BCUT2D eigenvalue weighted by Crippen LogP contribution is -2.39. The second-order valence-electron chi connectivity index (χ2n) is 3.91. The maximum Gasteiger partial charge on any atom is 0.194 e. The molecule has 1 atom stereocenters. The van der Waals surface area contributed by atoms with Crippen LogP contribution in [0.5, 0.6) is 5.75 Å². The third kappa shape index (κ3) is 2.75. The average molecular weight is 335 g/mol. The van der Waals surface area contributed by atoms with Gasteiger partial charge in [0.15, 0.2) is 19.3 Å². The molecule has 0 radical (unpaired) electrons. The van der Waals surface area contributed by atoms with E-state index in [0.29, 0.717) is 11.3 Å². The van der Waals surface area contributed by atoms with E-state index in [2.05, 4.69) is 15.9 Å². The molecule has 0 aliphatic carbocycles. The van der Waals surface area contributed by atoms with Crippen molar-refractivity contribution in [2.75, 3.05) is 13.4 Å². The van der Waals surface area contributed by atoms with Crippen molar-refractivity contribution >= 4 is 31.6 Å². The molecular formula is C12H15BrO4S. The molecule has 0 aliphatic heterocycles. The molecule has 0 saturated heterocycles. The number of ketones is 1. The van der Waals surface area contributed by atoms with E-state index in [4.69, 9.17) is 4.74 Å². The van der Waals surface area contributed by atoms with E-state index in [1.165, 1.54) is 7.11 Å². The van der Waals surface area contributed by atoms with Crippen LogP contribution in [0.2, 0.25) is 0 Å². The molecule has 0 amide bonds. The first kappa shape index (κ1) is 15.2. The van der Waals surface area contributed by atoms with Crippen molar-refractivity contribution in [3.8, 4) is 5.75 Å². The van der Waals surface area contributed by atoms with E-state index in [1.54, 1.807) is 31.2 Å². The van der Waals surface area contributed by atoms with Crippen LogP contribution in [0.3, 0.4) is 0 Å². The number of halogens is 1. The summed E-state index contributed by atoms with van der Waals surface area (Å²) < 4.78 is 26.9. The predicted octanol–water partition coefficient (Wildman–Crippen LogP) is 2.42. The molecule has 0 saturated carbocycles. The monoisotopic (exact) mass is 334 g/mol. The minimum atomic E-state index is -3.54.